The summed E-state index contributed by atoms with van der Waals surface area (Å²) in [6, 6.07) is 29.6. The van der Waals surface area contributed by atoms with Crippen molar-refractivity contribution in [1.82, 2.24) is 15.2 Å². The average Bonchev–Trinajstić information content (AvgIpc) is 3.12. The fraction of sp³-hybridized carbons (Fsp3) is 0.115. The molecule has 0 aliphatic carbocycles. The van der Waals surface area contributed by atoms with Gasteiger partial charge in [-0.25, -0.2) is 10.1 Å². The van der Waals surface area contributed by atoms with Crippen LogP contribution in [-0.4, -0.2) is 21.9 Å². The molecule has 0 saturated carbocycles. The van der Waals surface area contributed by atoms with Gasteiger partial charge in [-0.1, -0.05) is 66.7 Å². The van der Waals surface area contributed by atoms with E-state index in [2.05, 4.69) is 15.6 Å². The molecule has 0 aliphatic rings. The molecule has 6 heteroatoms. The lowest BCUT2D eigenvalue weighted by atomic mass is 10.1. The van der Waals surface area contributed by atoms with Crippen LogP contribution in [0.25, 0.3) is 5.69 Å². The first-order chi connectivity index (χ1) is 15.6. The van der Waals surface area contributed by atoms with Crippen LogP contribution in [0.4, 0.5) is 0 Å². The van der Waals surface area contributed by atoms with Gasteiger partial charge in [0.15, 0.2) is 0 Å². The van der Waals surface area contributed by atoms with Gasteiger partial charge < -0.3 is 0 Å². The summed E-state index contributed by atoms with van der Waals surface area (Å²) in [5.74, 6) is -0.174. The monoisotopic (exact) mass is 440 g/mol. The highest BCUT2D eigenvalue weighted by Gasteiger charge is 2.21. The van der Waals surface area contributed by atoms with Crippen LogP contribution in [0, 0.1) is 13.8 Å². The van der Waals surface area contributed by atoms with Gasteiger partial charge in [-0.2, -0.15) is 10.2 Å². The number of amides is 1. The Kier molecular flexibility index (Phi) is 6.82. The van der Waals surface area contributed by atoms with Crippen molar-refractivity contribution in [1.29, 1.82) is 0 Å². The molecule has 1 atom stereocenters. The highest BCUT2D eigenvalue weighted by molar-refractivity contribution is 8.00. The van der Waals surface area contributed by atoms with E-state index < -0.39 is 5.25 Å². The molecule has 1 heterocycles. The second-order valence-corrected chi connectivity index (χ2v) is 8.47. The molecule has 0 unspecified atom stereocenters. The number of nitrogens with one attached hydrogen (secondary N) is 1. The van der Waals surface area contributed by atoms with E-state index in [-0.39, 0.29) is 5.91 Å². The Morgan fingerprint density at radius 3 is 2.19 bits per heavy atom. The molecule has 0 aliphatic heterocycles. The molecule has 1 N–H and O–H groups in total. The first-order valence-electron chi connectivity index (χ1n) is 10.3. The molecule has 0 fully saturated rings. The van der Waals surface area contributed by atoms with E-state index in [4.69, 9.17) is 0 Å². The number of benzene rings is 3. The first kappa shape index (κ1) is 21.6. The van der Waals surface area contributed by atoms with Gasteiger partial charge >= 0.3 is 0 Å². The van der Waals surface area contributed by atoms with Crippen molar-refractivity contribution in [3.8, 4) is 5.69 Å². The number of rotatable bonds is 7. The highest BCUT2D eigenvalue weighted by Crippen LogP contribution is 2.35. The average molecular weight is 441 g/mol. The van der Waals surface area contributed by atoms with E-state index in [0.717, 1.165) is 33.1 Å². The summed E-state index contributed by atoms with van der Waals surface area (Å²) < 4.78 is 1.89. The third kappa shape index (κ3) is 4.98. The van der Waals surface area contributed by atoms with Crippen molar-refractivity contribution >= 4 is 23.9 Å². The van der Waals surface area contributed by atoms with E-state index in [1.165, 1.54) is 11.8 Å². The Labute approximate surface area is 192 Å². The Balaban J connectivity index is 1.53. The number of aromatic nitrogens is 2. The molecular formula is C26H24N4OS. The second kappa shape index (κ2) is 10.1. The second-order valence-electron chi connectivity index (χ2n) is 7.29. The summed E-state index contributed by atoms with van der Waals surface area (Å²) in [6.07, 6.45) is 1.67. The molecule has 32 heavy (non-hydrogen) atoms. The van der Waals surface area contributed by atoms with Gasteiger partial charge in [0, 0.05) is 10.5 Å². The lowest BCUT2D eigenvalue weighted by Gasteiger charge is -2.15. The van der Waals surface area contributed by atoms with Gasteiger partial charge in [-0.3, -0.25) is 4.79 Å². The van der Waals surface area contributed by atoms with Crippen LogP contribution in [-0.2, 0) is 4.79 Å². The Hall–Kier alpha value is -3.64. The largest absolute Gasteiger partial charge is 0.271 e. The Morgan fingerprint density at radius 2 is 1.53 bits per heavy atom. The van der Waals surface area contributed by atoms with E-state index in [9.17, 15) is 4.79 Å². The van der Waals surface area contributed by atoms with Crippen LogP contribution >= 0.6 is 11.8 Å². The maximum atomic E-state index is 13.1. The van der Waals surface area contributed by atoms with E-state index in [0.29, 0.717) is 0 Å². The lowest BCUT2D eigenvalue weighted by molar-refractivity contribution is -0.120. The molecule has 0 radical (unpaired) electrons. The van der Waals surface area contributed by atoms with E-state index >= 15 is 0 Å². The van der Waals surface area contributed by atoms with E-state index in [1.807, 2.05) is 110 Å². The minimum Gasteiger partial charge on any atom is -0.271 e. The zero-order chi connectivity index (χ0) is 22.3. The minimum absolute atomic E-state index is 0.174. The molecule has 4 rings (SSSR count). The maximum absolute atomic E-state index is 13.1. The van der Waals surface area contributed by atoms with Crippen LogP contribution < -0.4 is 5.43 Å². The number of aryl methyl sites for hydroxylation is 1. The molecule has 1 aromatic heterocycles. The van der Waals surface area contributed by atoms with Crippen LogP contribution in [0.3, 0.4) is 0 Å². The number of nitrogens with zero attached hydrogens (tertiary/aromatic N) is 3. The third-order valence-corrected chi connectivity index (χ3v) is 6.32. The van der Waals surface area contributed by atoms with Gasteiger partial charge in [-0.15, -0.1) is 11.8 Å². The molecule has 0 bridgehead atoms. The summed E-state index contributed by atoms with van der Waals surface area (Å²) in [4.78, 5) is 14.1. The summed E-state index contributed by atoms with van der Waals surface area (Å²) >= 11 is 1.50. The third-order valence-electron chi connectivity index (χ3n) is 5.05. The fourth-order valence-electron chi connectivity index (χ4n) is 3.42. The maximum Gasteiger partial charge on any atom is 0.258 e. The van der Waals surface area contributed by atoms with Gasteiger partial charge in [-0.05, 0) is 43.7 Å². The first-order valence-corrected chi connectivity index (χ1v) is 11.2. The SMILES string of the molecule is Cc1nn(-c2ccccc2)c(C)c1/C=N\NC(=O)[C@@H](Sc1ccccc1)c1ccccc1. The summed E-state index contributed by atoms with van der Waals surface area (Å²) in [5, 5.41) is 8.48. The highest BCUT2D eigenvalue weighted by atomic mass is 32.2. The van der Waals surface area contributed by atoms with Crippen LogP contribution in [0.1, 0.15) is 27.8 Å². The quantitative estimate of drug-likeness (QED) is 0.235. The van der Waals surface area contributed by atoms with Crippen molar-refractivity contribution in [3.05, 3.63) is 114 Å². The van der Waals surface area contributed by atoms with Crippen molar-refractivity contribution in [3.63, 3.8) is 0 Å². The number of carbonyl (C=O) groups excluding carboxylic acids is 1. The number of hydrazone groups is 1. The van der Waals surface area contributed by atoms with Gasteiger partial charge in [0.25, 0.3) is 5.91 Å². The number of hydrogen-bond donors (Lipinski definition) is 1. The number of thioether (sulfide) groups is 1. The summed E-state index contributed by atoms with van der Waals surface area (Å²) in [7, 11) is 0. The molecule has 5 nitrogen and oxygen atoms in total. The summed E-state index contributed by atoms with van der Waals surface area (Å²) in [5.41, 5.74) is 7.34. The topological polar surface area (TPSA) is 59.3 Å². The van der Waals surface area contributed by atoms with Crippen LogP contribution in [0.15, 0.2) is 101 Å². The van der Waals surface area contributed by atoms with Crippen LogP contribution in [0.2, 0.25) is 0 Å². The molecular weight excluding hydrogens is 416 g/mol. The zero-order valence-corrected chi connectivity index (χ0v) is 18.8. The zero-order valence-electron chi connectivity index (χ0n) is 18.0. The number of hydrogen-bond acceptors (Lipinski definition) is 4. The molecule has 160 valence electrons. The number of carbonyl (C=O) groups is 1. The predicted octanol–water partition coefficient (Wildman–Crippen LogP) is 5.47. The van der Waals surface area contributed by atoms with Gasteiger partial charge in [0.05, 0.1) is 23.3 Å². The standard InChI is InChI=1S/C26H24N4OS/c1-19-24(20(2)30(29-19)22-14-8-4-9-15-22)18-27-28-26(31)25(21-12-6-3-7-13-21)32-23-16-10-5-11-17-23/h3-18,25H,1-2H3,(H,28,31)/b27-18-/t25-/m0/s1. The fourth-order valence-corrected chi connectivity index (χ4v) is 4.46. The van der Waals surface area contributed by atoms with E-state index in [1.54, 1.807) is 6.21 Å². The lowest BCUT2D eigenvalue weighted by Crippen LogP contribution is -2.23. The van der Waals surface area contributed by atoms with Crippen molar-refractivity contribution in [2.45, 2.75) is 24.0 Å². The van der Waals surface area contributed by atoms with Crippen molar-refractivity contribution in [2.24, 2.45) is 5.10 Å². The molecule has 4 aromatic rings. The normalized spacial score (nSPS) is 12.1. The predicted molar refractivity (Wildman–Crippen MR) is 130 cm³/mol. The minimum atomic E-state index is -0.412. The smallest absolute Gasteiger partial charge is 0.258 e. The molecule has 3 aromatic carbocycles. The van der Waals surface area contributed by atoms with Crippen molar-refractivity contribution in [2.75, 3.05) is 0 Å². The van der Waals surface area contributed by atoms with Crippen LogP contribution in [0.5, 0.6) is 0 Å². The van der Waals surface area contributed by atoms with Crippen molar-refractivity contribution < 1.29 is 4.79 Å². The molecule has 1 amide bonds. The number of para-hydroxylation sites is 1. The summed E-state index contributed by atoms with van der Waals surface area (Å²) in [6.45, 7) is 3.93. The molecule has 0 saturated heterocycles. The van der Waals surface area contributed by atoms with Gasteiger partial charge in [0.1, 0.15) is 5.25 Å². The molecule has 0 spiro atoms. The Bertz CT molecular complexity index is 1200. The Morgan fingerprint density at radius 1 is 0.938 bits per heavy atom. The van der Waals surface area contributed by atoms with Gasteiger partial charge in [0.2, 0.25) is 0 Å².